The highest BCUT2D eigenvalue weighted by atomic mass is 16.3. The summed E-state index contributed by atoms with van der Waals surface area (Å²) in [5.74, 6) is 0.710. The maximum atomic E-state index is 12.6. The van der Waals surface area contributed by atoms with Crippen LogP contribution in [0.1, 0.15) is 36.7 Å². The van der Waals surface area contributed by atoms with Gasteiger partial charge in [-0.15, -0.1) is 0 Å². The summed E-state index contributed by atoms with van der Waals surface area (Å²) in [6.45, 7) is 5.21. The summed E-state index contributed by atoms with van der Waals surface area (Å²) in [4.78, 5) is 15.0. The molecule has 0 aliphatic carbocycles. The molecule has 0 N–H and O–H groups in total. The fourth-order valence-electron chi connectivity index (χ4n) is 2.98. The van der Waals surface area contributed by atoms with Gasteiger partial charge in [0.15, 0.2) is 5.76 Å². The number of rotatable bonds is 5. The quantitative estimate of drug-likeness (QED) is 0.777. The molecule has 1 aromatic heterocycles. The van der Waals surface area contributed by atoms with Gasteiger partial charge in [-0.1, -0.05) is 25.1 Å². The van der Waals surface area contributed by atoms with E-state index in [9.17, 15) is 4.79 Å². The van der Waals surface area contributed by atoms with Crippen molar-refractivity contribution in [1.82, 2.24) is 4.90 Å². The van der Waals surface area contributed by atoms with Crippen LogP contribution in [0.4, 0.5) is 0 Å². The van der Waals surface area contributed by atoms with Gasteiger partial charge < -0.3 is 9.32 Å². The van der Waals surface area contributed by atoms with Gasteiger partial charge in [0.1, 0.15) is 5.58 Å². The standard InChI is InChI=1S/C17H21NO2/c1-2-13(12-18-9-5-6-10-18)17(19)16-11-14-7-3-4-8-15(14)20-16/h3-4,7-8,11,13H,2,5-6,9-10,12H2,1H3. The normalized spacial score (nSPS) is 17.6. The summed E-state index contributed by atoms with van der Waals surface area (Å²) in [5, 5.41) is 1.01. The second kappa shape index (κ2) is 5.80. The Bertz CT molecular complexity index is 563. The predicted molar refractivity (Wildman–Crippen MR) is 80.0 cm³/mol. The smallest absolute Gasteiger partial charge is 0.202 e. The van der Waals surface area contributed by atoms with E-state index in [1.807, 2.05) is 30.3 Å². The van der Waals surface area contributed by atoms with E-state index in [1.54, 1.807) is 0 Å². The molecule has 2 heterocycles. The van der Waals surface area contributed by atoms with Gasteiger partial charge in [-0.25, -0.2) is 0 Å². The van der Waals surface area contributed by atoms with Gasteiger partial charge in [-0.05, 0) is 44.5 Å². The maximum absolute atomic E-state index is 12.6. The van der Waals surface area contributed by atoms with Crippen LogP contribution >= 0.6 is 0 Å². The molecule has 3 heteroatoms. The number of para-hydroxylation sites is 1. The van der Waals surface area contributed by atoms with Crippen LogP contribution in [0.2, 0.25) is 0 Å². The molecule has 0 amide bonds. The van der Waals surface area contributed by atoms with E-state index in [1.165, 1.54) is 12.8 Å². The van der Waals surface area contributed by atoms with Crippen molar-refractivity contribution in [3.05, 3.63) is 36.1 Å². The Hall–Kier alpha value is -1.61. The maximum Gasteiger partial charge on any atom is 0.202 e. The Morgan fingerprint density at radius 1 is 1.30 bits per heavy atom. The van der Waals surface area contributed by atoms with E-state index >= 15 is 0 Å². The van der Waals surface area contributed by atoms with Gasteiger partial charge in [-0.2, -0.15) is 0 Å². The molecule has 0 bridgehead atoms. The zero-order chi connectivity index (χ0) is 13.9. The van der Waals surface area contributed by atoms with E-state index in [2.05, 4.69) is 11.8 Å². The lowest BCUT2D eigenvalue weighted by atomic mass is 9.98. The Morgan fingerprint density at radius 2 is 2.05 bits per heavy atom. The van der Waals surface area contributed by atoms with Crippen LogP contribution in [-0.4, -0.2) is 30.3 Å². The number of Topliss-reactive ketones (excluding diaryl/α,β-unsaturated/α-hetero) is 1. The van der Waals surface area contributed by atoms with Crippen molar-refractivity contribution in [2.24, 2.45) is 5.92 Å². The number of hydrogen-bond acceptors (Lipinski definition) is 3. The van der Waals surface area contributed by atoms with Crippen LogP contribution in [0.15, 0.2) is 34.7 Å². The van der Waals surface area contributed by atoms with E-state index in [0.29, 0.717) is 5.76 Å². The van der Waals surface area contributed by atoms with Crippen LogP contribution in [-0.2, 0) is 0 Å². The second-order valence-corrected chi connectivity index (χ2v) is 5.63. The Labute approximate surface area is 119 Å². The van der Waals surface area contributed by atoms with Gasteiger partial charge in [0.2, 0.25) is 5.78 Å². The summed E-state index contributed by atoms with van der Waals surface area (Å²) in [6, 6.07) is 9.67. The Morgan fingerprint density at radius 3 is 2.75 bits per heavy atom. The monoisotopic (exact) mass is 271 g/mol. The molecule has 1 atom stereocenters. The highest BCUT2D eigenvalue weighted by molar-refractivity contribution is 5.99. The van der Waals surface area contributed by atoms with Crippen LogP contribution in [0.25, 0.3) is 11.0 Å². The Kier molecular flexibility index (Phi) is 3.88. The first-order valence-electron chi connectivity index (χ1n) is 7.53. The number of fused-ring (bicyclic) bond motifs is 1. The predicted octanol–water partition coefficient (Wildman–Crippen LogP) is 3.74. The number of benzene rings is 1. The molecule has 20 heavy (non-hydrogen) atoms. The minimum atomic E-state index is 0.0497. The summed E-state index contributed by atoms with van der Waals surface area (Å²) < 4.78 is 5.71. The summed E-state index contributed by atoms with van der Waals surface area (Å²) in [7, 11) is 0. The first kappa shape index (κ1) is 13.4. The van der Waals surface area contributed by atoms with Crippen molar-refractivity contribution in [3.63, 3.8) is 0 Å². The van der Waals surface area contributed by atoms with Gasteiger partial charge in [0, 0.05) is 17.8 Å². The molecule has 0 saturated carbocycles. The minimum absolute atomic E-state index is 0.0497. The third-order valence-electron chi connectivity index (χ3n) is 4.21. The van der Waals surface area contributed by atoms with Crippen molar-refractivity contribution < 1.29 is 9.21 Å². The highest BCUT2D eigenvalue weighted by Gasteiger charge is 2.25. The zero-order valence-electron chi connectivity index (χ0n) is 12.0. The lowest BCUT2D eigenvalue weighted by Gasteiger charge is -2.20. The number of nitrogens with zero attached hydrogens (tertiary/aromatic N) is 1. The van der Waals surface area contributed by atoms with Crippen molar-refractivity contribution >= 4 is 16.8 Å². The third-order valence-corrected chi connectivity index (χ3v) is 4.21. The first-order chi connectivity index (χ1) is 9.78. The molecule has 3 nitrogen and oxygen atoms in total. The topological polar surface area (TPSA) is 33.5 Å². The van der Waals surface area contributed by atoms with Crippen LogP contribution in [0.5, 0.6) is 0 Å². The minimum Gasteiger partial charge on any atom is -0.453 e. The van der Waals surface area contributed by atoms with Crippen molar-refractivity contribution in [2.75, 3.05) is 19.6 Å². The molecular formula is C17H21NO2. The number of ketones is 1. The molecule has 1 aliphatic heterocycles. The van der Waals surface area contributed by atoms with E-state index < -0.39 is 0 Å². The second-order valence-electron chi connectivity index (χ2n) is 5.63. The fraction of sp³-hybridized carbons (Fsp3) is 0.471. The molecule has 0 radical (unpaired) electrons. The summed E-state index contributed by atoms with van der Waals surface area (Å²) >= 11 is 0. The molecule has 0 spiro atoms. The number of hydrogen-bond donors (Lipinski definition) is 0. The van der Waals surface area contributed by atoms with Crippen LogP contribution in [0, 0.1) is 5.92 Å². The van der Waals surface area contributed by atoms with Crippen molar-refractivity contribution in [1.29, 1.82) is 0 Å². The van der Waals surface area contributed by atoms with E-state index in [-0.39, 0.29) is 11.7 Å². The van der Waals surface area contributed by atoms with Gasteiger partial charge >= 0.3 is 0 Å². The number of likely N-dealkylation sites (tertiary alicyclic amines) is 1. The molecule has 2 aromatic rings. The van der Waals surface area contributed by atoms with E-state index in [0.717, 1.165) is 37.0 Å². The number of furan rings is 1. The largest absolute Gasteiger partial charge is 0.453 e. The molecule has 1 aliphatic rings. The highest BCUT2D eigenvalue weighted by Crippen LogP contribution is 2.23. The summed E-state index contributed by atoms with van der Waals surface area (Å²) in [6.07, 6.45) is 3.39. The van der Waals surface area contributed by atoms with Crippen LogP contribution < -0.4 is 0 Å². The van der Waals surface area contributed by atoms with Gasteiger partial charge in [-0.3, -0.25) is 4.79 Å². The van der Waals surface area contributed by atoms with Crippen molar-refractivity contribution in [2.45, 2.75) is 26.2 Å². The molecule has 1 fully saturated rings. The fourth-order valence-corrected chi connectivity index (χ4v) is 2.98. The average molecular weight is 271 g/mol. The molecular weight excluding hydrogens is 250 g/mol. The molecule has 3 rings (SSSR count). The SMILES string of the molecule is CCC(CN1CCCC1)C(=O)c1cc2ccccc2o1. The molecule has 1 saturated heterocycles. The lowest BCUT2D eigenvalue weighted by Crippen LogP contribution is -2.30. The summed E-state index contributed by atoms with van der Waals surface area (Å²) in [5.41, 5.74) is 0.798. The molecule has 106 valence electrons. The zero-order valence-corrected chi connectivity index (χ0v) is 12.0. The number of carbonyl (C=O) groups is 1. The number of carbonyl (C=O) groups excluding carboxylic acids is 1. The van der Waals surface area contributed by atoms with Gasteiger partial charge in [0.25, 0.3) is 0 Å². The van der Waals surface area contributed by atoms with Crippen LogP contribution in [0.3, 0.4) is 0 Å². The molecule has 1 unspecified atom stereocenters. The van der Waals surface area contributed by atoms with Crippen molar-refractivity contribution in [3.8, 4) is 0 Å². The average Bonchev–Trinajstić information content (AvgIpc) is 3.12. The Balaban J connectivity index is 1.78. The first-order valence-corrected chi connectivity index (χ1v) is 7.53. The lowest BCUT2D eigenvalue weighted by molar-refractivity contribution is 0.0859. The molecule has 1 aromatic carbocycles. The van der Waals surface area contributed by atoms with E-state index in [4.69, 9.17) is 4.42 Å². The van der Waals surface area contributed by atoms with Gasteiger partial charge in [0.05, 0.1) is 0 Å². The third kappa shape index (κ3) is 2.63.